The lowest BCUT2D eigenvalue weighted by Gasteiger charge is -2.52. The maximum atomic E-state index is 14.9. The molecule has 125 heavy (non-hydrogen) atoms. The van der Waals surface area contributed by atoms with Crippen LogP contribution in [-0.2, 0) is 111 Å². The average molecular weight is 1690 g/mol. The normalized spacial score (nSPS) is 31.3. The molecule has 0 aromatic rings. The van der Waals surface area contributed by atoms with Gasteiger partial charge in [-0.25, -0.2) is 41.2 Å². The van der Waals surface area contributed by atoms with Crippen LogP contribution in [0.3, 0.4) is 0 Å². The van der Waals surface area contributed by atoms with Gasteiger partial charge in [0.05, 0.1) is 92.8 Å². The maximum absolute atomic E-state index is 14.9. The van der Waals surface area contributed by atoms with Crippen molar-refractivity contribution in [3.63, 3.8) is 0 Å². The van der Waals surface area contributed by atoms with Crippen LogP contribution in [0.2, 0.25) is 0 Å². The minimum Gasteiger partial charge on any atom is -0.846 e. The van der Waals surface area contributed by atoms with E-state index in [0.29, 0.717) is 40.2 Å². The number of aliphatic imine (C=N–C) groups is 2. The number of rotatable bonds is 13. The molecule has 14 aliphatic rings. The maximum Gasteiger partial charge on any atom is 0.574 e. The van der Waals surface area contributed by atoms with E-state index in [9.17, 15) is 29.4 Å². The van der Waals surface area contributed by atoms with E-state index in [0.717, 1.165) is 0 Å². The fraction of sp³-hybridized carbons (Fsp3) is 0.258. The van der Waals surface area contributed by atoms with Crippen molar-refractivity contribution in [2.75, 3.05) is 13.2 Å². The van der Waals surface area contributed by atoms with E-state index in [1.165, 1.54) is 0 Å². The van der Waals surface area contributed by atoms with E-state index in [4.69, 9.17) is 91.6 Å². The van der Waals surface area contributed by atoms with Gasteiger partial charge in [-0.2, -0.15) is 61.3 Å². The molecule has 0 aromatic heterocycles. The molecule has 632 valence electrons. The Hall–Kier alpha value is -14.3. The van der Waals surface area contributed by atoms with Crippen molar-refractivity contribution in [2.24, 2.45) is 21.8 Å². The molecule has 12 atom stereocenters. The smallest absolute Gasteiger partial charge is 0.574 e. The first-order valence-electron chi connectivity index (χ1n) is 37.9. The molecule has 2 radical (unpaired) electrons. The molecule has 0 amide bonds. The van der Waals surface area contributed by atoms with Crippen molar-refractivity contribution >= 4 is 99.5 Å². The number of cyclic esters (lactones) is 4. The SMILES string of the molecule is C=NC1=C([O+]=C)CC(=[O+]C2=C([O+]=C)CC(=[O+][C-]3C(=C)C#C[C-]=C4CO[C@@H]5C(=O)C(=C)[C-][C@@H](C(=O)[O+]=C6C[C@@H](C[C-]=C3[CH2+])O[C@@]3(C#CC(=C)[C@@H](C(=C)C[CH2-])O3)C6)[C@]45[O-])OC2=C)OC1=C.C=NC1=C([O+]=C)CC(=[O+]C2=C([O+]=C)CC(=[O+][C-]3C(=C)C#C[C-]=C4CO[C@@H]5C(=O)C(=C)[C-][C@@H](C(=O)[O+]=C6C[C@@H](C[C-]=C3[CH2+])O[C@@]3(C#CC(=C)[C@@H](C(=C)[CH2-])O3)C6)[C@]45[O-])OC2=C)OC1=C. The van der Waals surface area contributed by atoms with Gasteiger partial charge < -0.3 is 75.8 Å². The van der Waals surface area contributed by atoms with Gasteiger partial charge in [-0.1, -0.05) is 59.5 Å². The van der Waals surface area contributed by atoms with Crippen LogP contribution in [0, 0.1) is 136 Å². The molecule has 12 aliphatic heterocycles. The van der Waals surface area contributed by atoms with Crippen LogP contribution in [0.25, 0.3) is 0 Å². The van der Waals surface area contributed by atoms with Crippen LogP contribution in [0.5, 0.6) is 0 Å². The van der Waals surface area contributed by atoms with Gasteiger partial charge >= 0.3 is 81.9 Å². The molecule has 2 aliphatic carbocycles. The third-order valence-electron chi connectivity index (χ3n) is 20.8. The van der Waals surface area contributed by atoms with Crippen molar-refractivity contribution in [1.29, 1.82) is 0 Å². The second-order valence-corrected chi connectivity index (χ2v) is 29.3. The van der Waals surface area contributed by atoms with Crippen LogP contribution >= 0.6 is 0 Å². The largest absolute Gasteiger partial charge is 0.846 e. The van der Waals surface area contributed by atoms with E-state index in [-0.39, 0.29) is 227 Å². The van der Waals surface area contributed by atoms with Crippen LogP contribution in [-0.4, -0.2) is 172 Å². The predicted molar refractivity (Wildman–Crippen MR) is 440 cm³/mol. The van der Waals surface area contributed by atoms with Gasteiger partial charge in [0.2, 0.25) is 60.2 Å². The molecule has 14 rings (SSSR count). The molecule has 4 bridgehead atoms. The van der Waals surface area contributed by atoms with Gasteiger partial charge in [-0.15, -0.1) is 50.3 Å². The van der Waals surface area contributed by atoms with Crippen molar-refractivity contribution in [3.8, 4) is 47.4 Å². The number of esters is 4. The van der Waals surface area contributed by atoms with Gasteiger partial charge in [-0.3, -0.25) is 48.5 Å². The van der Waals surface area contributed by atoms with Gasteiger partial charge in [0.15, 0.2) is 12.2 Å². The number of ether oxygens (including phenoxy) is 10. The summed E-state index contributed by atoms with van der Waals surface area (Å²) in [5, 5.41) is 29.7. The molecule has 28 heteroatoms. The molecule has 0 N–H and O–H groups in total. The van der Waals surface area contributed by atoms with Crippen molar-refractivity contribution in [3.05, 3.63) is 292 Å². The Balaban J connectivity index is 0.000000215. The molecule has 0 unspecified atom stereocenters. The predicted octanol–water partition coefficient (Wildman–Crippen LogP) is 6.01. The molecule has 2 spiro atoms. The Bertz CT molecular complexity index is 5860. The third kappa shape index (κ3) is 17.5. The summed E-state index contributed by atoms with van der Waals surface area (Å²) in [7, 11) is 0. The monoisotopic (exact) mass is 1690 g/mol. The van der Waals surface area contributed by atoms with E-state index < -0.39 is 94.7 Å². The topological polar surface area (TPSA) is 344 Å². The van der Waals surface area contributed by atoms with E-state index >= 15 is 0 Å². The average Bonchev–Trinajstić information content (AvgIpc) is 1.61. The number of carbonyl (C=O) groups excluding carboxylic acids is 14. The Morgan fingerprint density at radius 2 is 0.936 bits per heavy atom. The zero-order valence-corrected chi connectivity index (χ0v) is 67.9. The highest BCUT2D eigenvalue weighted by atomic mass is 16.7. The first-order valence-corrected chi connectivity index (χ1v) is 37.9. The van der Waals surface area contributed by atoms with Gasteiger partial charge in [0, 0.05) is 20.7 Å². The summed E-state index contributed by atoms with van der Waals surface area (Å²) in [6.45, 7) is 83.4. The number of hydrogen-bond donors (Lipinski definition) is 0. The number of ketones is 4. The number of hydrogen-bond acceptors (Lipinski definition) is 18. The summed E-state index contributed by atoms with van der Waals surface area (Å²) in [5.41, 5.74) is -3.05. The Labute approximate surface area is 721 Å². The minimum absolute atomic E-state index is 0.00115. The standard InChI is InChI=1S/C49H40NO13.C48H38NO13/c1-12-26(2)44-29(5)18-19-48(63-44)24-35-21-34(62-48)17-16-28(4)43(27(3)14-13-15-33-25-56-46-42(51)30(6)20-36(47(52)59-35)49(33,46)53)60-40-23-38(55-11)45(32(8)58-40)61-39-22-37(54-10)41(50-9)31(7)57-39;1-25(2)42-28(5)17-18-47(62-42)23-34-20-33(61-47)16-15-27(4)43(26(3)13-12-14-32-24-55-45-41(50)29(6)19-35(46(51)58-34)48(32,45)52)59-39-22-37(54-11)44(31(8)57-39)60-38-21-36(53-10)40(49-9)30(7)56-38/h34,36,44,46H,1-12,17,21-25H2;33,35,42,45H,1-11,16,20-24H2/t34-,36+,44-,46-,48-,49-;33-,35+,42-,45-,47-,48-/m11/s1. The van der Waals surface area contributed by atoms with Crippen LogP contribution in [0.1, 0.15) is 70.6 Å². The zero-order chi connectivity index (χ0) is 90.1. The highest BCUT2D eigenvalue weighted by molar-refractivity contribution is 6.06. The first kappa shape index (κ1) is 88.5. The molecule has 2 saturated carbocycles. The molecule has 28 nitrogen and oxygen atoms in total. The lowest BCUT2D eigenvalue weighted by atomic mass is 9.68. The first-order chi connectivity index (χ1) is 59.5. The zero-order valence-electron chi connectivity index (χ0n) is 67.9. The van der Waals surface area contributed by atoms with Gasteiger partial charge in [0.25, 0.3) is 38.7 Å². The number of allylic oxidation sites excluding steroid dienone is 2. The van der Waals surface area contributed by atoms with Crippen LogP contribution in [0.4, 0.5) is 0 Å². The second kappa shape index (κ2) is 35.7. The Morgan fingerprint density at radius 1 is 0.552 bits per heavy atom. The molecule has 12 heterocycles. The summed E-state index contributed by atoms with van der Waals surface area (Å²) in [6.07, 6.45) is 10.3. The lowest BCUT2D eigenvalue weighted by molar-refractivity contribution is -0.488. The number of nitrogens with zero attached hydrogens (tertiary/aromatic N) is 2. The summed E-state index contributed by atoms with van der Waals surface area (Å²) >= 11 is 0. The minimum atomic E-state index is -2.53. The third-order valence-corrected chi connectivity index (χ3v) is 20.8. The summed E-state index contributed by atoms with van der Waals surface area (Å²) < 4.78 is 118. The van der Waals surface area contributed by atoms with E-state index in [1.54, 1.807) is 0 Å². The van der Waals surface area contributed by atoms with E-state index in [2.05, 4.69) is 242 Å². The highest BCUT2D eigenvalue weighted by Crippen LogP contribution is 2.47. The number of Topliss-reactive ketones (excluding diaryl/α,β-unsaturated/α-hetero) is 2. The molecule has 6 fully saturated rings. The molecular formula is C97H78N2O26. The summed E-state index contributed by atoms with van der Waals surface area (Å²) in [4.78, 5) is 62.2. The quantitative estimate of drug-likeness (QED) is 0.0298. The van der Waals surface area contributed by atoms with Crippen molar-refractivity contribution in [1.82, 2.24) is 0 Å². The van der Waals surface area contributed by atoms with Gasteiger partial charge in [-0.05, 0) is 75.6 Å². The second-order valence-electron chi connectivity index (χ2n) is 29.3. The lowest BCUT2D eigenvalue weighted by Crippen LogP contribution is -2.65. The van der Waals surface area contributed by atoms with Crippen LogP contribution in [0.15, 0.2) is 225 Å². The molecule has 0 aromatic carbocycles. The Morgan fingerprint density at radius 3 is 1.32 bits per heavy atom. The van der Waals surface area contributed by atoms with Gasteiger partial charge in [0.1, 0.15) is 6.10 Å². The molecular weight excluding hydrogens is 1610 g/mol. The fourth-order valence-corrected chi connectivity index (χ4v) is 14.7. The summed E-state index contributed by atoms with van der Waals surface area (Å²) in [6, 6.07) is 0. The number of carbonyl (C=O) groups is 4. The van der Waals surface area contributed by atoms with E-state index in [1.807, 2.05) is 0 Å². The van der Waals surface area contributed by atoms with Crippen LogP contribution < -0.4 is 10.2 Å². The highest BCUT2D eigenvalue weighted by Gasteiger charge is 2.57. The Kier molecular flexibility index (Phi) is 25.3. The van der Waals surface area contributed by atoms with Crippen molar-refractivity contribution < 1.29 is 121 Å². The summed E-state index contributed by atoms with van der Waals surface area (Å²) in [5.74, 6) is 13.8. The van der Waals surface area contributed by atoms with Crippen molar-refractivity contribution in [2.45, 2.75) is 130 Å². The number of fused-ring (bicyclic) bond motifs is 4. The fourth-order valence-electron chi connectivity index (χ4n) is 14.7. The molecule has 4 saturated heterocycles.